The fourth-order valence-corrected chi connectivity index (χ4v) is 2.79. The van der Waals surface area contributed by atoms with Crippen LogP contribution in [0, 0.1) is 11.7 Å². The van der Waals surface area contributed by atoms with Crippen LogP contribution in [0.25, 0.3) is 0 Å². The summed E-state index contributed by atoms with van der Waals surface area (Å²) in [6.07, 6.45) is 5.06. The number of rotatable bonds is 4. The molecular formula is C15H23FN2. The molecule has 0 aliphatic carbocycles. The maximum atomic E-state index is 13.7. The first-order valence-electron chi connectivity index (χ1n) is 6.98. The van der Waals surface area contributed by atoms with E-state index in [0.717, 1.165) is 24.7 Å². The molecule has 0 radical (unpaired) electrons. The van der Waals surface area contributed by atoms with Gasteiger partial charge in [-0.3, -0.25) is 0 Å². The Bertz CT molecular complexity index is 384. The molecule has 3 heteroatoms. The molecule has 1 heterocycles. The molecule has 0 atom stereocenters. The molecule has 0 amide bonds. The van der Waals surface area contributed by atoms with Crippen molar-refractivity contribution in [3.05, 3.63) is 29.6 Å². The Morgan fingerprint density at radius 3 is 2.61 bits per heavy atom. The Kier molecular flexibility index (Phi) is 4.59. The molecule has 1 aromatic carbocycles. The van der Waals surface area contributed by atoms with Gasteiger partial charge in [0.15, 0.2) is 0 Å². The summed E-state index contributed by atoms with van der Waals surface area (Å²) in [6, 6.07) is 5.43. The molecule has 0 bridgehead atoms. The Labute approximate surface area is 109 Å². The number of nitrogens with zero attached hydrogens (tertiary/aromatic N) is 1. The highest BCUT2D eigenvalue weighted by atomic mass is 19.1. The molecule has 1 aromatic rings. The third kappa shape index (κ3) is 3.02. The zero-order valence-corrected chi connectivity index (χ0v) is 11.2. The van der Waals surface area contributed by atoms with Crippen molar-refractivity contribution in [2.45, 2.75) is 39.2 Å². The number of piperidine rings is 1. The van der Waals surface area contributed by atoms with Gasteiger partial charge in [0, 0.05) is 30.9 Å². The summed E-state index contributed by atoms with van der Waals surface area (Å²) in [5.74, 6) is 0.685. The lowest BCUT2D eigenvalue weighted by atomic mass is 9.92. The Morgan fingerprint density at radius 2 is 2.06 bits per heavy atom. The third-order valence-electron chi connectivity index (χ3n) is 3.93. The average molecular weight is 250 g/mol. The fraction of sp³-hybridized carbons (Fsp3) is 0.600. The summed E-state index contributed by atoms with van der Waals surface area (Å²) in [5, 5.41) is 0. The van der Waals surface area contributed by atoms with Gasteiger partial charge in [0.25, 0.3) is 0 Å². The summed E-state index contributed by atoms with van der Waals surface area (Å²) in [7, 11) is 0. The summed E-state index contributed by atoms with van der Waals surface area (Å²) in [6.45, 7) is 4.61. The van der Waals surface area contributed by atoms with Crippen LogP contribution in [0.4, 0.5) is 10.1 Å². The number of benzene rings is 1. The lowest BCUT2D eigenvalue weighted by Gasteiger charge is -2.33. The van der Waals surface area contributed by atoms with Gasteiger partial charge in [-0.1, -0.05) is 25.8 Å². The van der Waals surface area contributed by atoms with Crippen molar-refractivity contribution in [3.63, 3.8) is 0 Å². The predicted molar refractivity (Wildman–Crippen MR) is 74.1 cm³/mol. The first-order chi connectivity index (χ1) is 8.74. The number of nitrogens with two attached hydrogens (primary N) is 1. The van der Waals surface area contributed by atoms with Gasteiger partial charge < -0.3 is 10.6 Å². The first kappa shape index (κ1) is 13.3. The monoisotopic (exact) mass is 250 g/mol. The molecule has 0 saturated carbocycles. The van der Waals surface area contributed by atoms with E-state index in [1.807, 2.05) is 12.1 Å². The average Bonchev–Trinajstić information content (AvgIpc) is 2.40. The molecule has 2 nitrogen and oxygen atoms in total. The van der Waals surface area contributed by atoms with Crippen LogP contribution in [0.1, 0.15) is 38.2 Å². The van der Waals surface area contributed by atoms with Crippen LogP contribution in [0.3, 0.4) is 0 Å². The molecule has 0 aromatic heterocycles. The Balaban J connectivity index is 1.99. The van der Waals surface area contributed by atoms with E-state index in [1.54, 1.807) is 6.07 Å². The van der Waals surface area contributed by atoms with Gasteiger partial charge >= 0.3 is 0 Å². The van der Waals surface area contributed by atoms with Crippen LogP contribution in [0.2, 0.25) is 0 Å². The van der Waals surface area contributed by atoms with Gasteiger partial charge in [0.05, 0.1) is 0 Å². The number of halogens is 1. The normalized spacial score (nSPS) is 17.2. The van der Waals surface area contributed by atoms with Crippen molar-refractivity contribution in [1.29, 1.82) is 0 Å². The second-order valence-electron chi connectivity index (χ2n) is 5.20. The SMILES string of the molecule is CCCC1CCN(c2ccc(CN)c(F)c2)CC1. The summed E-state index contributed by atoms with van der Waals surface area (Å²) in [5.41, 5.74) is 7.07. The van der Waals surface area contributed by atoms with Crippen molar-refractivity contribution < 1.29 is 4.39 Å². The van der Waals surface area contributed by atoms with Crippen LogP contribution in [0.5, 0.6) is 0 Å². The predicted octanol–water partition coefficient (Wildman–Crippen LogP) is 3.30. The van der Waals surface area contributed by atoms with Crippen LogP contribution < -0.4 is 10.6 Å². The largest absolute Gasteiger partial charge is 0.371 e. The zero-order valence-electron chi connectivity index (χ0n) is 11.2. The van der Waals surface area contributed by atoms with Crippen molar-refractivity contribution in [2.24, 2.45) is 11.7 Å². The highest BCUT2D eigenvalue weighted by Crippen LogP contribution is 2.27. The summed E-state index contributed by atoms with van der Waals surface area (Å²) in [4.78, 5) is 2.29. The lowest BCUT2D eigenvalue weighted by Crippen LogP contribution is -2.33. The quantitative estimate of drug-likeness (QED) is 0.888. The van der Waals surface area contributed by atoms with E-state index in [4.69, 9.17) is 5.73 Å². The summed E-state index contributed by atoms with van der Waals surface area (Å²) < 4.78 is 13.7. The molecule has 1 fully saturated rings. The van der Waals surface area contributed by atoms with Gasteiger partial charge in [-0.2, -0.15) is 0 Å². The molecule has 1 aliphatic rings. The summed E-state index contributed by atoms with van der Waals surface area (Å²) >= 11 is 0. The molecule has 2 N–H and O–H groups in total. The highest BCUT2D eigenvalue weighted by Gasteiger charge is 2.19. The van der Waals surface area contributed by atoms with Crippen molar-refractivity contribution in [3.8, 4) is 0 Å². The second-order valence-corrected chi connectivity index (χ2v) is 5.20. The van der Waals surface area contributed by atoms with Gasteiger partial charge in [0.1, 0.15) is 5.82 Å². The Hall–Kier alpha value is -1.09. The van der Waals surface area contributed by atoms with Gasteiger partial charge in [-0.25, -0.2) is 4.39 Å². The minimum atomic E-state index is -0.175. The Morgan fingerprint density at radius 1 is 1.33 bits per heavy atom. The van der Waals surface area contributed by atoms with E-state index in [0.29, 0.717) is 5.56 Å². The maximum Gasteiger partial charge on any atom is 0.129 e. The van der Waals surface area contributed by atoms with Crippen molar-refractivity contribution in [1.82, 2.24) is 0 Å². The van der Waals surface area contributed by atoms with E-state index in [2.05, 4.69) is 11.8 Å². The van der Waals surface area contributed by atoms with Crippen LogP contribution in [-0.4, -0.2) is 13.1 Å². The maximum absolute atomic E-state index is 13.7. The van der Waals surface area contributed by atoms with E-state index in [1.165, 1.54) is 25.7 Å². The van der Waals surface area contributed by atoms with Gasteiger partial charge in [0.2, 0.25) is 0 Å². The standard InChI is InChI=1S/C15H23FN2/c1-2-3-12-6-8-18(9-7-12)14-5-4-13(11-17)15(16)10-14/h4-5,10,12H,2-3,6-9,11,17H2,1H3. The topological polar surface area (TPSA) is 29.3 Å². The molecule has 18 heavy (non-hydrogen) atoms. The molecule has 2 rings (SSSR count). The van der Waals surface area contributed by atoms with Gasteiger partial charge in [-0.05, 0) is 30.9 Å². The molecular weight excluding hydrogens is 227 g/mol. The van der Waals surface area contributed by atoms with Gasteiger partial charge in [-0.15, -0.1) is 0 Å². The minimum Gasteiger partial charge on any atom is -0.371 e. The lowest BCUT2D eigenvalue weighted by molar-refractivity contribution is 0.378. The van der Waals surface area contributed by atoms with Crippen molar-refractivity contribution in [2.75, 3.05) is 18.0 Å². The molecule has 1 aliphatic heterocycles. The molecule has 0 spiro atoms. The van der Waals surface area contributed by atoms with E-state index >= 15 is 0 Å². The van der Waals surface area contributed by atoms with E-state index in [-0.39, 0.29) is 12.4 Å². The highest BCUT2D eigenvalue weighted by molar-refractivity contribution is 5.48. The second kappa shape index (κ2) is 6.19. The van der Waals surface area contributed by atoms with Crippen LogP contribution in [-0.2, 0) is 6.54 Å². The van der Waals surface area contributed by atoms with E-state index in [9.17, 15) is 4.39 Å². The van der Waals surface area contributed by atoms with Crippen LogP contribution in [0.15, 0.2) is 18.2 Å². The van der Waals surface area contributed by atoms with Crippen molar-refractivity contribution >= 4 is 5.69 Å². The molecule has 100 valence electrons. The first-order valence-corrected chi connectivity index (χ1v) is 6.98. The smallest absolute Gasteiger partial charge is 0.129 e. The fourth-order valence-electron chi connectivity index (χ4n) is 2.79. The molecule has 0 unspecified atom stereocenters. The minimum absolute atomic E-state index is 0.175. The molecule has 1 saturated heterocycles. The van der Waals surface area contributed by atoms with Crippen LogP contribution >= 0.6 is 0 Å². The number of hydrogen-bond donors (Lipinski definition) is 1. The zero-order chi connectivity index (χ0) is 13.0. The third-order valence-corrected chi connectivity index (χ3v) is 3.93. The number of anilines is 1. The number of hydrogen-bond acceptors (Lipinski definition) is 2. The van der Waals surface area contributed by atoms with E-state index < -0.39 is 0 Å².